The first kappa shape index (κ1) is 24.3. The Morgan fingerprint density at radius 2 is 1.84 bits per heavy atom. The van der Waals surface area contributed by atoms with Crippen LogP contribution in [0.3, 0.4) is 0 Å². The van der Waals surface area contributed by atoms with Gasteiger partial charge in [-0.1, -0.05) is 41.7 Å². The maximum absolute atomic E-state index is 13.2. The Labute approximate surface area is 206 Å². The van der Waals surface area contributed by atoms with Gasteiger partial charge in [-0.3, -0.25) is 19.8 Å². The van der Waals surface area contributed by atoms with Crippen LogP contribution in [0.5, 0.6) is 11.5 Å². The van der Waals surface area contributed by atoms with E-state index >= 15 is 0 Å². The SMILES string of the molecule is CC[C@@H](C)Oc1c(Cl)cc(/C=C2\C(=O)NC(=S)N(c3ccc(Cl)c(Cl)c3)C2=O)cc1OC. The highest BCUT2D eigenvalue weighted by molar-refractivity contribution is 7.80. The van der Waals surface area contributed by atoms with Crippen LogP contribution in [0.1, 0.15) is 25.8 Å². The van der Waals surface area contributed by atoms with E-state index in [-0.39, 0.29) is 26.8 Å². The number of carbonyl (C=O) groups excluding carboxylic acids is 2. The number of nitrogens with zero attached hydrogens (tertiary/aromatic N) is 1. The molecular formula is C22H19Cl3N2O4S. The number of carbonyl (C=O) groups is 2. The van der Waals surface area contributed by atoms with Gasteiger partial charge in [-0.05, 0) is 67.5 Å². The molecule has 0 spiro atoms. The summed E-state index contributed by atoms with van der Waals surface area (Å²) >= 11 is 23.6. The molecule has 2 amide bonds. The van der Waals surface area contributed by atoms with Crippen molar-refractivity contribution in [1.82, 2.24) is 5.32 Å². The molecule has 168 valence electrons. The van der Waals surface area contributed by atoms with Crippen LogP contribution in [0.2, 0.25) is 15.1 Å². The van der Waals surface area contributed by atoms with Gasteiger partial charge < -0.3 is 9.47 Å². The molecule has 0 aliphatic carbocycles. The minimum atomic E-state index is -0.633. The molecule has 6 nitrogen and oxygen atoms in total. The van der Waals surface area contributed by atoms with E-state index in [9.17, 15) is 9.59 Å². The molecule has 3 rings (SSSR count). The Morgan fingerprint density at radius 1 is 1.12 bits per heavy atom. The highest BCUT2D eigenvalue weighted by Gasteiger charge is 2.34. The molecule has 0 bridgehead atoms. The summed E-state index contributed by atoms with van der Waals surface area (Å²) in [4.78, 5) is 26.9. The normalized spacial score (nSPS) is 16.2. The maximum Gasteiger partial charge on any atom is 0.270 e. The van der Waals surface area contributed by atoms with E-state index < -0.39 is 11.8 Å². The van der Waals surface area contributed by atoms with Crippen LogP contribution in [-0.4, -0.2) is 30.1 Å². The van der Waals surface area contributed by atoms with Gasteiger partial charge in [0.2, 0.25) is 0 Å². The Morgan fingerprint density at radius 3 is 2.47 bits per heavy atom. The summed E-state index contributed by atoms with van der Waals surface area (Å²) in [5, 5.41) is 3.31. The van der Waals surface area contributed by atoms with Crippen molar-refractivity contribution in [3.8, 4) is 11.5 Å². The number of thiocarbonyl (C=S) groups is 1. The van der Waals surface area contributed by atoms with Gasteiger partial charge in [-0.25, -0.2) is 0 Å². The van der Waals surface area contributed by atoms with Crippen LogP contribution < -0.4 is 19.7 Å². The van der Waals surface area contributed by atoms with Gasteiger partial charge in [-0.2, -0.15) is 0 Å². The number of amides is 2. The van der Waals surface area contributed by atoms with Gasteiger partial charge in [-0.15, -0.1) is 0 Å². The first-order valence-electron chi connectivity index (χ1n) is 9.57. The van der Waals surface area contributed by atoms with Crippen molar-refractivity contribution in [2.24, 2.45) is 0 Å². The zero-order valence-electron chi connectivity index (χ0n) is 17.4. The van der Waals surface area contributed by atoms with E-state index in [4.69, 9.17) is 56.5 Å². The fourth-order valence-electron chi connectivity index (χ4n) is 2.90. The molecule has 1 heterocycles. The third kappa shape index (κ3) is 5.02. The summed E-state index contributed by atoms with van der Waals surface area (Å²) in [6.45, 7) is 3.90. The first-order valence-corrected chi connectivity index (χ1v) is 11.1. The molecule has 0 unspecified atom stereocenters. The van der Waals surface area contributed by atoms with Crippen LogP contribution >= 0.6 is 47.0 Å². The van der Waals surface area contributed by atoms with Gasteiger partial charge in [0.25, 0.3) is 11.8 Å². The largest absolute Gasteiger partial charge is 0.493 e. The number of rotatable bonds is 6. The minimum Gasteiger partial charge on any atom is -0.493 e. The molecule has 1 atom stereocenters. The predicted molar refractivity (Wildman–Crippen MR) is 131 cm³/mol. The van der Waals surface area contributed by atoms with Gasteiger partial charge in [0.15, 0.2) is 16.6 Å². The van der Waals surface area contributed by atoms with E-state index in [1.807, 2.05) is 13.8 Å². The fraction of sp³-hybridized carbons (Fsp3) is 0.227. The summed E-state index contributed by atoms with van der Waals surface area (Å²) < 4.78 is 11.2. The van der Waals surface area contributed by atoms with Crippen LogP contribution in [-0.2, 0) is 9.59 Å². The molecule has 1 aliphatic rings. The third-order valence-corrected chi connectivity index (χ3v) is 6.02. The highest BCUT2D eigenvalue weighted by Crippen LogP contribution is 2.38. The van der Waals surface area contributed by atoms with Crippen molar-refractivity contribution in [1.29, 1.82) is 0 Å². The van der Waals surface area contributed by atoms with E-state index in [1.165, 1.54) is 30.2 Å². The molecule has 1 aliphatic heterocycles. The minimum absolute atomic E-state index is 0.0662. The quantitative estimate of drug-likeness (QED) is 0.306. The Kier molecular flexibility index (Phi) is 7.67. The summed E-state index contributed by atoms with van der Waals surface area (Å²) in [7, 11) is 1.48. The van der Waals surface area contributed by atoms with Crippen LogP contribution in [0.4, 0.5) is 5.69 Å². The second-order valence-electron chi connectivity index (χ2n) is 6.93. The van der Waals surface area contributed by atoms with Crippen LogP contribution in [0.15, 0.2) is 35.9 Å². The maximum atomic E-state index is 13.2. The number of halogens is 3. The van der Waals surface area contributed by atoms with Crippen molar-refractivity contribution in [2.75, 3.05) is 12.0 Å². The number of ether oxygens (including phenoxy) is 2. The molecule has 1 fully saturated rings. The lowest BCUT2D eigenvalue weighted by molar-refractivity contribution is -0.122. The Hall–Kier alpha value is -2.32. The van der Waals surface area contributed by atoms with E-state index in [0.29, 0.717) is 27.8 Å². The van der Waals surface area contributed by atoms with Crippen molar-refractivity contribution in [3.63, 3.8) is 0 Å². The van der Waals surface area contributed by atoms with Gasteiger partial charge in [0, 0.05) is 0 Å². The predicted octanol–water partition coefficient (Wildman–Crippen LogP) is 5.66. The van der Waals surface area contributed by atoms with Crippen molar-refractivity contribution < 1.29 is 19.1 Å². The number of methoxy groups -OCH3 is 1. The molecule has 1 saturated heterocycles. The lowest BCUT2D eigenvalue weighted by Crippen LogP contribution is -2.54. The second kappa shape index (κ2) is 10.1. The lowest BCUT2D eigenvalue weighted by Gasteiger charge is -2.29. The Bertz CT molecular complexity index is 1140. The molecule has 32 heavy (non-hydrogen) atoms. The molecule has 10 heteroatoms. The molecule has 0 saturated carbocycles. The smallest absolute Gasteiger partial charge is 0.270 e. The molecular weight excluding hydrogens is 495 g/mol. The third-order valence-electron chi connectivity index (χ3n) is 4.72. The topological polar surface area (TPSA) is 67.9 Å². The number of hydrogen-bond donors (Lipinski definition) is 1. The van der Waals surface area contributed by atoms with Crippen molar-refractivity contribution in [3.05, 3.63) is 56.5 Å². The summed E-state index contributed by atoms with van der Waals surface area (Å²) in [5.74, 6) is -0.479. The molecule has 2 aromatic carbocycles. The van der Waals surface area contributed by atoms with E-state index in [2.05, 4.69) is 5.32 Å². The summed E-state index contributed by atoms with van der Waals surface area (Å²) in [6.07, 6.45) is 2.12. The van der Waals surface area contributed by atoms with Crippen molar-refractivity contribution in [2.45, 2.75) is 26.4 Å². The molecule has 1 N–H and O–H groups in total. The number of nitrogens with one attached hydrogen (secondary N) is 1. The average molecular weight is 514 g/mol. The van der Waals surface area contributed by atoms with Crippen LogP contribution in [0, 0.1) is 0 Å². The van der Waals surface area contributed by atoms with Crippen LogP contribution in [0.25, 0.3) is 6.08 Å². The van der Waals surface area contributed by atoms with Crippen molar-refractivity contribution >= 4 is 75.7 Å². The zero-order chi connectivity index (χ0) is 23.6. The summed E-state index contributed by atoms with van der Waals surface area (Å²) in [5.41, 5.74) is 0.704. The molecule has 0 aromatic heterocycles. The fourth-order valence-corrected chi connectivity index (χ4v) is 3.74. The van der Waals surface area contributed by atoms with Gasteiger partial charge >= 0.3 is 0 Å². The van der Waals surface area contributed by atoms with Gasteiger partial charge in [0.1, 0.15) is 5.57 Å². The second-order valence-corrected chi connectivity index (χ2v) is 8.54. The number of hydrogen-bond acceptors (Lipinski definition) is 5. The monoisotopic (exact) mass is 512 g/mol. The van der Waals surface area contributed by atoms with E-state index in [1.54, 1.807) is 18.2 Å². The van der Waals surface area contributed by atoms with E-state index in [0.717, 1.165) is 6.42 Å². The number of benzene rings is 2. The van der Waals surface area contributed by atoms with Gasteiger partial charge in [0.05, 0.1) is 34.0 Å². The summed E-state index contributed by atoms with van der Waals surface area (Å²) in [6, 6.07) is 7.83. The zero-order valence-corrected chi connectivity index (χ0v) is 20.5. The lowest BCUT2D eigenvalue weighted by atomic mass is 10.1. The average Bonchev–Trinajstić information content (AvgIpc) is 2.74. The highest BCUT2D eigenvalue weighted by atomic mass is 35.5. The number of anilines is 1. The molecule has 0 radical (unpaired) electrons. The standard InChI is InChI=1S/C22H19Cl3N2O4S/c1-4-11(2)31-19-17(25)8-12(9-18(19)30-3)7-14-20(28)26-22(32)27(21(14)29)13-5-6-15(23)16(24)10-13/h5-11H,4H2,1-3H3,(H,26,28,32)/b14-7+/t11-/m1/s1. The Balaban J connectivity index is 2.02. The molecule has 2 aromatic rings. The first-order chi connectivity index (χ1) is 15.2.